The smallest absolute Gasteiger partial charge is 0.186 e. The predicted molar refractivity (Wildman–Crippen MR) is 80.8 cm³/mol. The first-order valence-electron chi connectivity index (χ1n) is 6.29. The SMILES string of the molecule is CN(CCc1ccccn1)c1nc2ccccc2s1. The average molecular weight is 269 g/mol. The van der Waals surface area contributed by atoms with Gasteiger partial charge in [0.15, 0.2) is 5.13 Å². The fourth-order valence-corrected chi connectivity index (χ4v) is 2.90. The van der Waals surface area contributed by atoms with Crippen molar-refractivity contribution in [2.24, 2.45) is 0 Å². The number of pyridine rings is 1. The first kappa shape index (κ1) is 12.1. The molecule has 0 amide bonds. The number of hydrogen-bond acceptors (Lipinski definition) is 4. The number of nitrogens with zero attached hydrogens (tertiary/aromatic N) is 3. The van der Waals surface area contributed by atoms with Crippen molar-refractivity contribution in [3.8, 4) is 0 Å². The number of likely N-dealkylation sites (N-methyl/N-ethyl adjacent to an activating group) is 1. The minimum absolute atomic E-state index is 0.927. The van der Waals surface area contributed by atoms with Crippen molar-refractivity contribution >= 4 is 26.7 Å². The zero-order valence-electron chi connectivity index (χ0n) is 10.8. The van der Waals surface area contributed by atoms with Gasteiger partial charge in [-0.05, 0) is 24.3 Å². The molecular weight excluding hydrogens is 254 g/mol. The van der Waals surface area contributed by atoms with E-state index in [0.717, 1.165) is 29.3 Å². The Morgan fingerprint density at radius 2 is 1.95 bits per heavy atom. The molecule has 2 heterocycles. The quantitative estimate of drug-likeness (QED) is 0.727. The number of benzene rings is 1. The molecule has 0 aliphatic rings. The van der Waals surface area contributed by atoms with Crippen molar-refractivity contribution in [3.63, 3.8) is 0 Å². The highest BCUT2D eigenvalue weighted by atomic mass is 32.1. The topological polar surface area (TPSA) is 29.0 Å². The summed E-state index contributed by atoms with van der Waals surface area (Å²) in [7, 11) is 2.08. The van der Waals surface area contributed by atoms with E-state index in [-0.39, 0.29) is 0 Å². The lowest BCUT2D eigenvalue weighted by Gasteiger charge is -2.14. The number of para-hydroxylation sites is 1. The molecule has 0 bridgehead atoms. The van der Waals surface area contributed by atoms with E-state index in [2.05, 4.69) is 46.2 Å². The van der Waals surface area contributed by atoms with Gasteiger partial charge in [-0.1, -0.05) is 29.5 Å². The summed E-state index contributed by atoms with van der Waals surface area (Å²) in [5, 5.41) is 1.07. The molecule has 0 fully saturated rings. The van der Waals surface area contributed by atoms with Gasteiger partial charge in [-0.3, -0.25) is 4.98 Å². The van der Waals surface area contributed by atoms with E-state index in [9.17, 15) is 0 Å². The summed E-state index contributed by atoms with van der Waals surface area (Å²) in [6.45, 7) is 0.927. The van der Waals surface area contributed by atoms with Gasteiger partial charge in [0, 0.05) is 31.9 Å². The van der Waals surface area contributed by atoms with Gasteiger partial charge in [0.1, 0.15) is 0 Å². The summed E-state index contributed by atoms with van der Waals surface area (Å²) >= 11 is 1.73. The van der Waals surface area contributed by atoms with Gasteiger partial charge < -0.3 is 4.90 Å². The Balaban J connectivity index is 1.71. The molecule has 96 valence electrons. The zero-order valence-corrected chi connectivity index (χ0v) is 11.6. The Morgan fingerprint density at radius 3 is 2.74 bits per heavy atom. The van der Waals surface area contributed by atoms with Crippen LogP contribution in [-0.4, -0.2) is 23.6 Å². The van der Waals surface area contributed by atoms with Gasteiger partial charge in [0.05, 0.1) is 10.2 Å². The molecule has 4 heteroatoms. The van der Waals surface area contributed by atoms with Gasteiger partial charge in [-0.2, -0.15) is 0 Å². The standard InChI is InChI=1S/C15H15N3S/c1-18(11-9-12-6-4-5-10-16-12)15-17-13-7-2-3-8-14(13)19-15/h2-8,10H,9,11H2,1H3. The van der Waals surface area contributed by atoms with Crippen LogP contribution in [0.3, 0.4) is 0 Å². The number of thiazole rings is 1. The molecule has 0 N–H and O–H groups in total. The fourth-order valence-electron chi connectivity index (χ4n) is 1.95. The minimum atomic E-state index is 0.927. The van der Waals surface area contributed by atoms with E-state index in [1.807, 2.05) is 24.4 Å². The molecule has 19 heavy (non-hydrogen) atoms. The Labute approximate surface area is 116 Å². The van der Waals surface area contributed by atoms with E-state index in [1.54, 1.807) is 11.3 Å². The molecule has 3 rings (SSSR count). The van der Waals surface area contributed by atoms with Gasteiger partial charge in [-0.25, -0.2) is 4.98 Å². The second kappa shape index (κ2) is 5.36. The Hall–Kier alpha value is -1.94. The normalized spacial score (nSPS) is 10.8. The maximum Gasteiger partial charge on any atom is 0.186 e. The van der Waals surface area contributed by atoms with Gasteiger partial charge in [-0.15, -0.1) is 0 Å². The molecule has 0 atom stereocenters. The van der Waals surface area contributed by atoms with Crippen LogP contribution in [0, 0.1) is 0 Å². The summed E-state index contributed by atoms with van der Waals surface area (Å²) in [4.78, 5) is 11.2. The molecule has 0 spiro atoms. The molecular formula is C15H15N3S. The molecule has 0 aliphatic heterocycles. The summed E-state index contributed by atoms with van der Waals surface area (Å²) in [6, 6.07) is 14.3. The second-order valence-electron chi connectivity index (χ2n) is 4.46. The molecule has 0 radical (unpaired) electrons. The Kier molecular flexibility index (Phi) is 3.42. The Morgan fingerprint density at radius 1 is 1.11 bits per heavy atom. The summed E-state index contributed by atoms with van der Waals surface area (Å²) < 4.78 is 1.24. The third-order valence-corrected chi connectivity index (χ3v) is 4.19. The highest BCUT2D eigenvalue weighted by molar-refractivity contribution is 7.22. The summed E-state index contributed by atoms with van der Waals surface area (Å²) in [6.07, 6.45) is 2.78. The van der Waals surface area contributed by atoms with Crippen LogP contribution < -0.4 is 4.90 Å². The molecule has 3 nitrogen and oxygen atoms in total. The van der Waals surface area contributed by atoms with Crippen LogP contribution >= 0.6 is 11.3 Å². The van der Waals surface area contributed by atoms with Crippen LogP contribution in [-0.2, 0) is 6.42 Å². The average Bonchev–Trinajstić information content (AvgIpc) is 2.90. The van der Waals surface area contributed by atoms with Gasteiger partial charge in [0.25, 0.3) is 0 Å². The van der Waals surface area contributed by atoms with Gasteiger partial charge >= 0.3 is 0 Å². The predicted octanol–water partition coefficient (Wildman–Crippen LogP) is 3.37. The fraction of sp³-hybridized carbons (Fsp3) is 0.200. The lowest BCUT2D eigenvalue weighted by molar-refractivity contribution is 0.850. The second-order valence-corrected chi connectivity index (χ2v) is 5.47. The molecule has 0 aliphatic carbocycles. The third-order valence-electron chi connectivity index (χ3n) is 3.04. The van der Waals surface area contributed by atoms with Crippen molar-refractivity contribution < 1.29 is 0 Å². The van der Waals surface area contributed by atoms with E-state index in [0.29, 0.717) is 0 Å². The lowest BCUT2D eigenvalue weighted by Crippen LogP contribution is -2.20. The number of anilines is 1. The Bertz CT molecular complexity index is 630. The van der Waals surface area contributed by atoms with Crippen LogP contribution in [0.5, 0.6) is 0 Å². The maximum atomic E-state index is 4.65. The van der Waals surface area contributed by atoms with Crippen LogP contribution in [0.25, 0.3) is 10.2 Å². The van der Waals surface area contributed by atoms with Crippen molar-refractivity contribution in [3.05, 3.63) is 54.4 Å². The van der Waals surface area contributed by atoms with E-state index < -0.39 is 0 Å². The van der Waals surface area contributed by atoms with Crippen LogP contribution in [0.15, 0.2) is 48.7 Å². The summed E-state index contributed by atoms with van der Waals surface area (Å²) in [5.41, 5.74) is 2.20. The van der Waals surface area contributed by atoms with Crippen LogP contribution in [0.4, 0.5) is 5.13 Å². The van der Waals surface area contributed by atoms with E-state index in [4.69, 9.17) is 0 Å². The highest BCUT2D eigenvalue weighted by Gasteiger charge is 2.08. The van der Waals surface area contributed by atoms with Crippen LogP contribution in [0.2, 0.25) is 0 Å². The van der Waals surface area contributed by atoms with E-state index >= 15 is 0 Å². The number of hydrogen-bond donors (Lipinski definition) is 0. The molecule has 0 unspecified atom stereocenters. The maximum absolute atomic E-state index is 4.65. The number of fused-ring (bicyclic) bond motifs is 1. The molecule has 3 aromatic rings. The molecule has 0 saturated heterocycles. The van der Waals surface area contributed by atoms with Gasteiger partial charge in [0.2, 0.25) is 0 Å². The lowest BCUT2D eigenvalue weighted by atomic mass is 10.2. The monoisotopic (exact) mass is 269 g/mol. The number of rotatable bonds is 4. The molecule has 2 aromatic heterocycles. The van der Waals surface area contributed by atoms with Crippen molar-refractivity contribution in [2.45, 2.75) is 6.42 Å². The van der Waals surface area contributed by atoms with Crippen molar-refractivity contribution in [1.82, 2.24) is 9.97 Å². The minimum Gasteiger partial charge on any atom is -0.351 e. The molecule has 1 aromatic carbocycles. The van der Waals surface area contributed by atoms with E-state index in [1.165, 1.54) is 4.70 Å². The summed E-state index contributed by atoms with van der Waals surface area (Å²) in [5.74, 6) is 0. The zero-order chi connectivity index (χ0) is 13.1. The first-order chi connectivity index (χ1) is 9.33. The van der Waals surface area contributed by atoms with Crippen molar-refractivity contribution in [2.75, 3.05) is 18.5 Å². The largest absolute Gasteiger partial charge is 0.351 e. The van der Waals surface area contributed by atoms with Crippen LogP contribution in [0.1, 0.15) is 5.69 Å². The first-order valence-corrected chi connectivity index (χ1v) is 7.11. The third kappa shape index (κ3) is 2.74. The number of aromatic nitrogens is 2. The molecule has 0 saturated carbocycles. The van der Waals surface area contributed by atoms with Crippen molar-refractivity contribution in [1.29, 1.82) is 0 Å². The highest BCUT2D eigenvalue weighted by Crippen LogP contribution is 2.27.